The highest BCUT2D eigenvalue weighted by Crippen LogP contribution is 2.32. The minimum Gasteiger partial charge on any atom is -0.365 e. The highest BCUT2D eigenvalue weighted by Gasteiger charge is 2.22. The number of carbonyl (C=O) groups excluding carboxylic acids is 1. The summed E-state index contributed by atoms with van der Waals surface area (Å²) in [5.41, 5.74) is 7.63. The van der Waals surface area contributed by atoms with Crippen molar-refractivity contribution in [2.45, 2.75) is 40.2 Å². The number of hydrogen-bond donors (Lipinski definition) is 1. The molecular formula is C11H17ClN2O. The van der Waals surface area contributed by atoms with Gasteiger partial charge in [-0.2, -0.15) is 0 Å². The third kappa shape index (κ3) is 1.88. The number of hydrogen-bond acceptors (Lipinski definition) is 1. The molecule has 1 heterocycles. The molecule has 1 aromatic heterocycles. The van der Waals surface area contributed by atoms with E-state index in [2.05, 4.69) is 13.8 Å². The molecule has 0 aliphatic rings. The lowest BCUT2D eigenvalue weighted by Gasteiger charge is -2.11. The highest BCUT2D eigenvalue weighted by atomic mass is 35.5. The maximum absolute atomic E-state index is 11.3. The number of rotatable bonds is 3. The number of carbonyl (C=O) groups is 1. The van der Waals surface area contributed by atoms with Gasteiger partial charge in [-0.25, -0.2) is 0 Å². The van der Waals surface area contributed by atoms with Gasteiger partial charge in [-0.1, -0.05) is 25.4 Å². The van der Waals surface area contributed by atoms with Crippen LogP contribution in [0.4, 0.5) is 0 Å². The van der Waals surface area contributed by atoms with E-state index >= 15 is 0 Å². The van der Waals surface area contributed by atoms with Crippen LogP contribution in [0.2, 0.25) is 5.02 Å². The molecule has 1 rings (SSSR count). The molecule has 0 fully saturated rings. The normalized spacial score (nSPS) is 11.1. The van der Waals surface area contributed by atoms with Crippen molar-refractivity contribution < 1.29 is 4.79 Å². The maximum atomic E-state index is 11.3. The summed E-state index contributed by atoms with van der Waals surface area (Å²) in [6, 6.07) is 0. The summed E-state index contributed by atoms with van der Waals surface area (Å²) in [6.07, 6.45) is 0. The smallest absolute Gasteiger partial charge is 0.252 e. The van der Waals surface area contributed by atoms with Crippen molar-refractivity contribution in [2.75, 3.05) is 0 Å². The topological polar surface area (TPSA) is 48.0 Å². The molecule has 0 radical (unpaired) electrons. The van der Waals surface area contributed by atoms with Crippen molar-refractivity contribution in [2.24, 2.45) is 5.73 Å². The first-order valence-corrected chi connectivity index (χ1v) is 5.47. The molecule has 1 aromatic rings. The van der Waals surface area contributed by atoms with Crippen molar-refractivity contribution in [3.05, 3.63) is 22.0 Å². The zero-order chi connectivity index (χ0) is 11.7. The van der Waals surface area contributed by atoms with Crippen molar-refractivity contribution in [3.8, 4) is 0 Å². The van der Waals surface area contributed by atoms with E-state index < -0.39 is 5.91 Å². The Hall–Kier alpha value is -0.960. The molecule has 3 nitrogen and oxygen atoms in total. The van der Waals surface area contributed by atoms with Gasteiger partial charge in [-0.05, 0) is 19.8 Å². The molecule has 1 amide bonds. The first-order valence-electron chi connectivity index (χ1n) is 5.10. The van der Waals surface area contributed by atoms with Gasteiger partial charge in [0.2, 0.25) is 0 Å². The van der Waals surface area contributed by atoms with Crippen LogP contribution in [0.1, 0.15) is 48.4 Å². The molecule has 84 valence electrons. The molecule has 4 heteroatoms. The second kappa shape index (κ2) is 4.27. The molecule has 0 bridgehead atoms. The fraction of sp³-hybridized carbons (Fsp3) is 0.545. The van der Waals surface area contributed by atoms with Gasteiger partial charge in [-0.3, -0.25) is 4.79 Å². The van der Waals surface area contributed by atoms with Crippen molar-refractivity contribution in [1.29, 1.82) is 0 Å². The molecule has 0 saturated heterocycles. The summed E-state index contributed by atoms with van der Waals surface area (Å²) in [7, 11) is 0. The molecule has 2 N–H and O–H groups in total. The molecular weight excluding hydrogens is 212 g/mol. The van der Waals surface area contributed by atoms with Crippen molar-refractivity contribution in [3.63, 3.8) is 0 Å². The number of primary amides is 1. The van der Waals surface area contributed by atoms with Crippen LogP contribution in [-0.2, 0) is 6.54 Å². The second-order valence-electron chi connectivity index (χ2n) is 3.92. The highest BCUT2D eigenvalue weighted by molar-refractivity contribution is 6.34. The van der Waals surface area contributed by atoms with Crippen LogP contribution in [0.15, 0.2) is 0 Å². The van der Waals surface area contributed by atoms with Gasteiger partial charge in [-0.15, -0.1) is 0 Å². The standard InChI is InChI=1S/C11H17ClN2O/c1-5-14-7(4)8(11(13)15)9(12)10(14)6(2)3/h6H,5H2,1-4H3,(H2,13,15). The summed E-state index contributed by atoms with van der Waals surface area (Å²) >= 11 is 6.18. The first-order chi connectivity index (χ1) is 6.91. The first kappa shape index (κ1) is 12.1. The van der Waals surface area contributed by atoms with Crippen LogP contribution < -0.4 is 5.73 Å². The van der Waals surface area contributed by atoms with Gasteiger partial charge >= 0.3 is 0 Å². The third-order valence-electron chi connectivity index (χ3n) is 2.61. The summed E-state index contributed by atoms with van der Waals surface area (Å²) in [4.78, 5) is 11.3. The Kier molecular flexibility index (Phi) is 3.45. The van der Waals surface area contributed by atoms with E-state index in [1.165, 1.54) is 0 Å². The Bertz CT molecular complexity index is 394. The number of aromatic nitrogens is 1. The van der Waals surface area contributed by atoms with Gasteiger partial charge in [0.25, 0.3) is 5.91 Å². The quantitative estimate of drug-likeness (QED) is 0.850. The van der Waals surface area contributed by atoms with Crippen LogP contribution in [0.5, 0.6) is 0 Å². The Morgan fingerprint density at radius 3 is 2.33 bits per heavy atom. The predicted molar refractivity (Wildman–Crippen MR) is 62.5 cm³/mol. The monoisotopic (exact) mass is 228 g/mol. The SMILES string of the molecule is CCn1c(C)c(C(N)=O)c(Cl)c1C(C)C. The second-order valence-corrected chi connectivity index (χ2v) is 4.30. The number of nitrogens with two attached hydrogens (primary N) is 1. The molecule has 15 heavy (non-hydrogen) atoms. The summed E-state index contributed by atoms with van der Waals surface area (Å²) in [6.45, 7) is 8.81. The molecule has 0 aromatic carbocycles. The zero-order valence-electron chi connectivity index (χ0n) is 9.60. The maximum Gasteiger partial charge on any atom is 0.252 e. The van der Waals surface area contributed by atoms with Crippen LogP contribution in [0.25, 0.3) is 0 Å². The lowest BCUT2D eigenvalue weighted by Crippen LogP contribution is -2.12. The van der Waals surface area contributed by atoms with Crippen LogP contribution in [0.3, 0.4) is 0 Å². The molecule has 0 unspecified atom stereocenters. The third-order valence-corrected chi connectivity index (χ3v) is 2.99. The Labute approximate surface area is 95.2 Å². The lowest BCUT2D eigenvalue weighted by molar-refractivity contribution is 0.1000. The minimum atomic E-state index is -0.452. The van der Waals surface area contributed by atoms with Crippen molar-refractivity contribution >= 4 is 17.5 Å². The Morgan fingerprint density at radius 1 is 1.53 bits per heavy atom. The predicted octanol–water partition coefficient (Wildman–Crippen LogP) is 2.69. The fourth-order valence-electron chi connectivity index (χ4n) is 1.98. The summed E-state index contributed by atoms with van der Waals surface area (Å²) < 4.78 is 2.05. The van der Waals surface area contributed by atoms with E-state index in [9.17, 15) is 4.79 Å². The number of nitrogens with zero attached hydrogens (tertiary/aromatic N) is 1. The summed E-state index contributed by atoms with van der Waals surface area (Å²) in [5, 5.41) is 0.511. The van der Waals surface area contributed by atoms with Crippen LogP contribution >= 0.6 is 11.6 Å². The lowest BCUT2D eigenvalue weighted by atomic mass is 10.1. The largest absolute Gasteiger partial charge is 0.365 e. The molecule has 0 aliphatic heterocycles. The van der Waals surface area contributed by atoms with E-state index in [0.717, 1.165) is 17.9 Å². The van der Waals surface area contributed by atoms with Gasteiger partial charge in [0.15, 0.2) is 0 Å². The van der Waals surface area contributed by atoms with Crippen LogP contribution in [0, 0.1) is 6.92 Å². The molecule has 0 spiro atoms. The average Bonchev–Trinajstić information content (AvgIpc) is 2.36. The number of amides is 1. The minimum absolute atomic E-state index is 0.282. The molecule has 0 aliphatic carbocycles. The van der Waals surface area contributed by atoms with E-state index in [4.69, 9.17) is 17.3 Å². The number of halogens is 1. The Morgan fingerprint density at radius 2 is 2.07 bits per heavy atom. The fourth-order valence-corrected chi connectivity index (χ4v) is 2.53. The molecule has 0 atom stereocenters. The van der Waals surface area contributed by atoms with Gasteiger partial charge in [0.1, 0.15) is 0 Å². The summed E-state index contributed by atoms with van der Waals surface area (Å²) in [5.74, 6) is -0.171. The average molecular weight is 229 g/mol. The van der Waals surface area contributed by atoms with E-state index in [0.29, 0.717) is 10.6 Å². The van der Waals surface area contributed by atoms with Gasteiger partial charge in [0, 0.05) is 17.9 Å². The zero-order valence-corrected chi connectivity index (χ0v) is 10.4. The Balaban J connectivity index is 3.52. The van der Waals surface area contributed by atoms with E-state index in [1.54, 1.807) is 0 Å². The molecule has 0 saturated carbocycles. The van der Waals surface area contributed by atoms with E-state index in [-0.39, 0.29) is 5.92 Å². The van der Waals surface area contributed by atoms with Crippen LogP contribution in [-0.4, -0.2) is 10.5 Å². The van der Waals surface area contributed by atoms with Gasteiger partial charge in [0.05, 0.1) is 10.6 Å². The van der Waals surface area contributed by atoms with Gasteiger partial charge < -0.3 is 10.3 Å². The van der Waals surface area contributed by atoms with Crippen molar-refractivity contribution in [1.82, 2.24) is 4.57 Å². The van der Waals surface area contributed by atoms with E-state index in [1.807, 2.05) is 18.4 Å².